The van der Waals surface area contributed by atoms with E-state index in [1.807, 2.05) is 0 Å². The van der Waals surface area contributed by atoms with Crippen LogP contribution in [0.2, 0.25) is 0 Å². The summed E-state index contributed by atoms with van der Waals surface area (Å²) in [5.74, 6) is 0. The van der Waals surface area contributed by atoms with Crippen LogP contribution in [0.15, 0.2) is 30.3 Å². The van der Waals surface area contributed by atoms with Crippen LogP contribution in [0, 0.1) is 10.2 Å². The third-order valence-corrected chi connectivity index (χ3v) is 1.92. The van der Waals surface area contributed by atoms with Crippen LogP contribution in [-0.4, -0.2) is 0 Å². The minimum atomic E-state index is -4.94. The molecular weight excluding hydrogens is 232 g/mol. The Hall–Kier alpha value is -0.780. The Balaban J connectivity index is 0.000000385. The number of hydrogen-bond acceptors (Lipinski definition) is 4. The standard InChI is InChI=1S/C11H15.ClHO4/c1-3-10-7-5-6-8-11(4-2)9-10;2-1(3,4)5/h5-9H,3-4H2,1-2H3;(H,2,3,4,5)/q+1;/p-1. The van der Waals surface area contributed by atoms with Crippen LogP contribution in [0.4, 0.5) is 0 Å². The van der Waals surface area contributed by atoms with Crippen LogP contribution in [0.1, 0.15) is 25.0 Å². The molecule has 90 valence electrons. The fourth-order valence-corrected chi connectivity index (χ4v) is 1.13. The Morgan fingerprint density at radius 1 is 1.12 bits per heavy atom. The highest BCUT2D eigenvalue weighted by molar-refractivity contribution is 5.21. The van der Waals surface area contributed by atoms with Crippen LogP contribution in [0.3, 0.4) is 0 Å². The summed E-state index contributed by atoms with van der Waals surface area (Å²) in [6.07, 6.45) is 2.25. The molecule has 0 aliphatic rings. The quantitative estimate of drug-likeness (QED) is 0.584. The van der Waals surface area contributed by atoms with E-state index in [1.165, 1.54) is 11.1 Å². The molecule has 16 heavy (non-hydrogen) atoms. The molecule has 1 rings (SSSR count). The van der Waals surface area contributed by atoms with E-state index in [9.17, 15) is 0 Å². The first kappa shape index (κ1) is 15.2. The maximum absolute atomic E-state index is 8.49. The second-order valence-electron chi connectivity index (χ2n) is 3.10. The SMILES string of the molecule is CCc1cccc[c+](CC)c1.[O-][Cl+3]([O-])([O-])[O-]. The van der Waals surface area contributed by atoms with Gasteiger partial charge in [-0.15, -0.1) is 10.2 Å². The summed E-state index contributed by atoms with van der Waals surface area (Å²) < 4.78 is 34.0. The van der Waals surface area contributed by atoms with Crippen molar-refractivity contribution in [1.82, 2.24) is 0 Å². The third-order valence-electron chi connectivity index (χ3n) is 1.92. The van der Waals surface area contributed by atoms with Gasteiger partial charge in [0.1, 0.15) is 0 Å². The monoisotopic (exact) mass is 246 g/mol. The predicted octanol–water partition coefficient (Wildman–Crippen LogP) is -1.66. The fraction of sp³-hybridized carbons (Fsp3) is 0.364. The molecule has 4 nitrogen and oxygen atoms in total. The van der Waals surface area contributed by atoms with E-state index in [-0.39, 0.29) is 0 Å². The largest absolute Gasteiger partial charge is 0.222 e. The molecule has 5 heteroatoms. The van der Waals surface area contributed by atoms with Crippen molar-refractivity contribution in [2.45, 2.75) is 26.7 Å². The second kappa shape index (κ2) is 7.49. The zero-order valence-electron chi connectivity index (χ0n) is 9.31. The van der Waals surface area contributed by atoms with Crippen molar-refractivity contribution < 1.29 is 28.9 Å². The molecule has 0 saturated carbocycles. The van der Waals surface area contributed by atoms with Gasteiger partial charge in [0.25, 0.3) is 0 Å². The first-order chi connectivity index (χ1) is 7.36. The molecule has 0 N–H and O–H groups in total. The molecule has 0 atom stereocenters. The fourth-order valence-electron chi connectivity index (χ4n) is 1.13. The summed E-state index contributed by atoms with van der Waals surface area (Å²) >= 11 is 0. The maximum Gasteiger partial charge on any atom is 0.0526 e. The highest BCUT2D eigenvalue weighted by Crippen LogP contribution is 2.04. The molecule has 0 saturated heterocycles. The molecule has 0 amide bonds. The molecule has 0 unspecified atom stereocenters. The van der Waals surface area contributed by atoms with Gasteiger partial charge in [-0.3, -0.25) is 0 Å². The van der Waals surface area contributed by atoms with Crippen molar-refractivity contribution in [3.63, 3.8) is 0 Å². The summed E-state index contributed by atoms with van der Waals surface area (Å²) in [5.41, 5.74) is 2.85. The summed E-state index contributed by atoms with van der Waals surface area (Å²) in [5, 5.41) is 0. The Kier molecular flexibility index (Phi) is 7.12. The first-order valence-corrected chi connectivity index (χ1v) is 6.13. The lowest BCUT2D eigenvalue weighted by molar-refractivity contribution is -2.00. The van der Waals surface area contributed by atoms with E-state index in [0.717, 1.165) is 12.8 Å². The molecule has 1 aromatic rings. The van der Waals surface area contributed by atoms with Crippen molar-refractivity contribution in [3.8, 4) is 0 Å². The summed E-state index contributed by atoms with van der Waals surface area (Å²) in [6.45, 7) is 4.38. The van der Waals surface area contributed by atoms with Crippen molar-refractivity contribution in [1.29, 1.82) is 0 Å². The molecule has 0 aromatic heterocycles. The maximum atomic E-state index is 8.49. The minimum absolute atomic E-state index is 1.13. The van der Waals surface area contributed by atoms with Crippen molar-refractivity contribution in [2.24, 2.45) is 0 Å². The van der Waals surface area contributed by atoms with Crippen molar-refractivity contribution in [3.05, 3.63) is 41.5 Å². The van der Waals surface area contributed by atoms with E-state index < -0.39 is 10.2 Å². The molecule has 0 radical (unpaired) electrons. The summed E-state index contributed by atoms with van der Waals surface area (Å²) in [6, 6.07) is 10.9. The van der Waals surface area contributed by atoms with Gasteiger partial charge in [0.05, 0.1) is 11.6 Å². The second-order valence-corrected chi connectivity index (χ2v) is 3.85. The molecule has 0 aliphatic carbocycles. The van der Waals surface area contributed by atoms with E-state index in [2.05, 4.69) is 44.2 Å². The lowest BCUT2D eigenvalue weighted by atomic mass is 10.1. The molecule has 0 heterocycles. The summed E-state index contributed by atoms with van der Waals surface area (Å²) in [4.78, 5) is 0. The molecule has 1 aromatic carbocycles. The normalized spacial score (nSPS) is 10.4. The Bertz CT molecular complexity index is 285. The van der Waals surface area contributed by atoms with Crippen molar-refractivity contribution >= 4 is 0 Å². The zero-order valence-corrected chi connectivity index (χ0v) is 10.1. The van der Waals surface area contributed by atoms with Gasteiger partial charge in [-0.05, 0) is 13.8 Å². The van der Waals surface area contributed by atoms with Gasteiger partial charge >= 0.3 is 0 Å². The Morgan fingerprint density at radius 2 is 1.69 bits per heavy atom. The smallest absolute Gasteiger partial charge is 0.0526 e. The minimum Gasteiger partial charge on any atom is -0.222 e. The van der Waals surface area contributed by atoms with Gasteiger partial charge in [0, 0.05) is 42.7 Å². The van der Waals surface area contributed by atoms with E-state index >= 15 is 0 Å². The number of aryl methyl sites for hydroxylation is 2. The highest BCUT2D eigenvalue weighted by Gasteiger charge is 1.96. The van der Waals surface area contributed by atoms with Crippen LogP contribution in [-0.2, 0) is 12.8 Å². The van der Waals surface area contributed by atoms with Crippen LogP contribution in [0.5, 0.6) is 0 Å². The number of halogens is 1. The van der Waals surface area contributed by atoms with Crippen molar-refractivity contribution in [2.75, 3.05) is 0 Å². The van der Waals surface area contributed by atoms with Gasteiger partial charge in [-0.2, -0.15) is 0 Å². The Morgan fingerprint density at radius 3 is 2.12 bits per heavy atom. The van der Waals surface area contributed by atoms with Gasteiger partial charge in [-0.25, -0.2) is 18.6 Å². The molecule has 0 bridgehead atoms. The van der Waals surface area contributed by atoms with E-state index in [1.54, 1.807) is 0 Å². The van der Waals surface area contributed by atoms with E-state index in [4.69, 9.17) is 18.6 Å². The molecule has 0 fully saturated rings. The number of rotatable bonds is 2. The predicted molar refractivity (Wildman–Crippen MR) is 49.6 cm³/mol. The van der Waals surface area contributed by atoms with Gasteiger partial charge in [0.15, 0.2) is 0 Å². The van der Waals surface area contributed by atoms with Crippen LogP contribution >= 0.6 is 0 Å². The third kappa shape index (κ3) is 9.76. The summed E-state index contributed by atoms with van der Waals surface area (Å²) in [7, 11) is -4.94. The van der Waals surface area contributed by atoms with E-state index in [0.29, 0.717) is 0 Å². The van der Waals surface area contributed by atoms with Crippen LogP contribution < -0.4 is 18.6 Å². The van der Waals surface area contributed by atoms with Crippen LogP contribution in [0.25, 0.3) is 0 Å². The lowest BCUT2D eigenvalue weighted by Crippen LogP contribution is -2.68. The zero-order chi connectivity index (χ0) is 12.6. The average molecular weight is 247 g/mol. The first-order valence-electron chi connectivity index (χ1n) is 4.89. The number of hydrogen-bond donors (Lipinski definition) is 0. The van der Waals surface area contributed by atoms with Gasteiger partial charge in [0.2, 0.25) is 0 Å². The topological polar surface area (TPSA) is 92.2 Å². The average Bonchev–Trinajstić information content (AvgIpc) is 2.39. The Labute approximate surface area is 97.5 Å². The lowest BCUT2D eigenvalue weighted by Gasteiger charge is -2.17. The molecular formula is C11H15ClO4. The highest BCUT2D eigenvalue weighted by atomic mass is 35.7. The molecule has 0 aliphatic heterocycles. The molecule has 0 spiro atoms. The van der Waals surface area contributed by atoms with Gasteiger partial charge in [-0.1, -0.05) is 0 Å². The van der Waals surface area contributed by atoms with Gasteiger partial charge < -0.3 is 0 Å².